The van der Waals surface area contributed by atoms with Crippen molar-refractivity contribution in [1.82, 2.24) is 0 Å². The Hall–Kier alpha value is -2.73. The van der Waals surface area contributed by atoms with Gasteiger partial charge >= 0.3 is 0 Å². The van der Waals surface area contributed by atoms with Crippen LogP contribution in [0.2, 0.25) is 0 Å². The zero-order chi connectivity index (χ0) is 19.8. The van der Waals surface area contributed by atoms with Crippen molar-refractivity contribution in [3.05, 3.63) is 76.9 Å². The van der Waals surface area contributed by atoms with E-state index in [1.807, 2.05) is 18.2 Å². The molecule has 4 rings (SSSR count). The van der Waals surface area contributed by atoms with Crippen molar-refractivity contribution >= 4 is 27.9 Å². The molecule has 0 radical (unpaired) electrons. The molecule has 1 unspecified atom stereocenters. The summed E-state index contributed by atoms with van der Waals surface area (Å²) >= 11 is -1.80. The van der Waals surface area contributed by atoms with Crippen molar-refractivity contribution in [2.45, 2.75) is 30.6 Å². The summed E-state index contributed by atoms with van der Waals surface area (Å²) in [5.74, 6) is 1.44. The molecule has 0 aliphatic heterocycles. The first-order valence-electron chi connectivity index (χ1n) is 9.31. The molecular weight excluding hydrogens is 374 g/mol. The van der Waals surface area contributed by atoms with Crippen molar-refractivity contribution in [2.75, 3.05) is 0 Å². The van der Waals surface area contributed by atoms with Crippen LogP contribution in [0.15, 0.2) is 60.5 Å². The van der Waals surface area contributed by atoms with E-state index in [1.54, 1.807) is 0 Å². The Labute approximate surface area is 166 Å². The van der Waals surface area contributed by atoms with Gasteiger partial charge in [-0.05, 0) is 60.8 Å². The maximum absolute atomic E-state index is 12.9. The predicted octanol–water partition coefficient (Wildman–Crippen LogP) is 5.54. The molecule has 2 aliphatic rings. The van der Waals surface area contributed by atoms with Crippen LogP contribution in [0.25, 0.3) is 11.1 Å². The van der Waals surface area contributed by atoms with Gasteiger partial charge in [-0.15, -0.1) is 0 Å². The maximum Gasteiger partial charge on any atom is 0.269 e. The topological polar surface area (TPSA) is 69.4 Å². The zero-order valence-electron chi connectivity index (χ0n) is 15.4. The van der Waals surface area contributed by atoms with Crippen molar-refractivity contribution in [3.8, 4) is 5.75 Å². The average molecular weight is 395 g/mol. The second kappa shape index (κ2) is 7.36. The van der Waals surface area contributed by atoms with E-state index >= 15 is 0 Å². The van der Waals surface area contributed by atoms with E-state index in [9.17, 15) is 14.3 Å². The van der Waals surface area contributed by atoms with Gasteiger partial charge in [-0.25, -0.2) is 4.21 Å². The lowest BCUT2D eigenvalue weighted by Crippen LogP contribution is -2.06. The van der Waals surface area contributed by atoms with Gasteiger partial charge in [-0.1, -0.05) is 31.4 Å². The molecular formula is C22H21NO4S. The van der Waals surface area contributed by atoms with Gasteiger partial charge in [0.25, 0.3) is 5.69 Å². The highest BCUT2D eigenvalue weighted by Gasteiger charge is 2.32. The second-order valence-corrected chi connectivity index (χ2v) is 8.46. The van der Waals surface area contributed by atoms with E-state index in [-0.39, 0.29) is 5.69 Å². The van der Waals surface area contributed by atoms with Gasteiger partial charge in [0.15, 0.2) is 5.75 Å². The summed E-state index contributed by atoms with van der Waals surface area (Å²) < 4.78 is 18.8. The Balaban J connectivity index is 1.68. The summed E-state index contributed by atoms with van der Waals surface area (Å²) in [6, 6.07) is 11.4. The Morgan fingerprint density at radius 1 is 0.964 bits per heavy atom. The van der Waals surface area contributed by atoms with Gasteiger partial charge in [-0.2, -0.15) is 0 Å². The Kier molecular flexibility index (Phi) is 4.89. The Bertz CT molecular complexity index is 946. The first-order valence-corrected chi connectivity index (χ1v) is 10.4. The summed E-state index contributed by atoms with van der Waals surface area (Å²) in [4.78, 5) is 10.7. The number of benzene rings is 2. The summed E-state index contributed by atoms with van der Waals surface area (Å²) in [7, 11) is 0. The van der Waals surface area contributed by atoms with Crippen LogP contribution in [0.3, 0.4) is 0 Å². The van der Waals surface area contributed by atoms with Crippen molar-refractivity contribution < 1.29 is 13.3 Å². The predicted molar refractivity (Wildman–Crippen MR) is 110 cm³/mol. The van der Waals surface area contributed by atoms with E-state index in [1.165, 1.54) is 24.3 Å². The minimum absolute atomic E-state index is 0.0499. The monoisotopic (exact) mass is 395 g/mol. The molecule has 1 atom stereocenters. The highest BCUT2D eigenvalue weighted by Crippen LogP contribution is 2.48. The number of hydrogen-bond acceptors (Lipinski definition) is 4. The smallest absolute Gasteiger partial charge is 0.269 e. The van der Waals surface area contributed by atoms with Crippen LogP contribution >= 0.6 is 0 Å². The molecule has 5 nitrogen and oxygen atoms in total. The number of rotatable bonds is 8. The summed E-state index contributed by atoms with van der Waals surface area (Å²) in [6.07, 6.45) is 4.43. The fourth-order valence-corrected chi connectivity index (χ4v) is 4.02. The fraction of sp³-hybridized carbons (Fsp3) is 0.273. The molecule has 2 saturated carbocycles. The standard InChI is InChI=1S/C22H21NO4S/c1-14(16-6-7-16)20-4-3-5-21(15(2)17-8-9-17)22(20)27-28(26)19-12-10-18(11-13-19)23(24)25/h3-5,10-13,16-17H,1-2,6-9H2. The van der Waals surface area contributed by atoms with E-state index < -0.39 is 16.0 Å². The molecule has 2 fully saturated rings. The second-order valence-electron chi connectivity index (χ2n) is 7.35. The minimum atomic E-state index is -1.80. The Morgan fingerprint density at radius 2 is 1.46 bits per heavy atom. The zero-order valence-corrected chi connectivity index (χ0v) is 16.2. The third kappa shape index (κ3) is 3.78. The van der Waals surface area contributed by atoms with Crippen LogP contribution in [0.5, 0.6) is 5.75 Å². The van der Waals surface area contributed by atoms with Crippen LogP contribution in [0.4, 0.5) is 5.69 Å². The molecule has 0 heterocycles. The van der Waals surface area contributed by atoms with Crippen molar-refractivity contribution in [1.29, 1.82) is 0 Å². The lowest BCUT2D eigenvalue weighted by atomic mass is 9.95. The summed E-state index contributed by atoms with van der Waals surface area (Å²) in [5, 5.41) is 10.8. The van der Waals surface area contributed by atoms with Gasteiger partial charge < -0.3 is 4.18 Å². The number of para-hydroxylation sites is 1. The normalized spacial score (nSPS) is 17.0. The number of nitrogens with zero attached hydrogens (tertiary/aromatic N) is 1. The average Bonchev–Trinajstić information content (AvgIpc) is 3.58. The fourth-order valence-electron chi connectivity index (χ4n) is 3.24. The Morgan fingerprint density at radius 3 is 1.89 bits per heavy atom. The third-order valence-corrected chi connectivity index (χ3v) is 6.22. The number of nitro groups is 1. The molecule has 0 amide bonds. The number of nitro benzene ring substituents is 1. The molecule has 6 heteroatoms. The lowest BCUT2D eigenvalue weighted by molar-refractivity contribution is -0.384. The quantitative estimate of drug-likeness (QED) is 0.434. The maximum atomic E-state index is 12.9. The van der Waals surface area contributed by atoms with Crippen LogP contribution in [0.1, 0.15) is 36.8 Å². The van der Waals surface area contributed by atoms with Gasteiger partial charge in [0.05, 0.1) is 9.82 Å². The molecule has 0 bridgehead atoms. The summed E-state index contributed by atoms with van der Waals surface area (Å²) in [5.41, 5.74) is 3.70. The van der Waals surface area contributed by atoms with E-state index in [0.717, 1.165) is 48.0 Å². The van der Waals surface area contributed by atoms with Crippen molar-refractivity contribution in [3.63, 3.8) is 0 Å². The van der Waals surface area contributed by atoms with Gasteiger partial charge in [-0.3, -0.25) is 10.1 Å². The van der Waals surface area contributed by atoms with Gasteiger partial charge in [0.2, 0.25) is 11.1 Å². The molecule has 144 valence electrons. The molecule has 0 N–H and O–H groups in total. The van der Waals surface area contributed by atoms with Crippen LogP contribution in [-0.4, -0.2) is 9.13 Å². The number of hydrogen-bond donors (Lipinski definition) is 0. The third-order valence-electron chi connectivity index (χ3n) is 5.25. The van der Waals surface area contributed by atoms with Crippen molar-refractivity contribution in [2.24, 2.45) is 11.8 Å². The van der Waals surface area contributed by atoms with E-state index in [4.69, 9.17) is 4.18 Å². The van der Waals surface area contributed by atoms with Gasteiger partial charge in [0.1, 0.15) is 0 Å². The van der Waals surface area contributed by atoms with Crippen LogP contribution < -0.4 is 4.18 Å². The van der Waals surface area contributed by atoms with Crippen LogP contribution in [0, 0.1) is 22.0 Å². The molecule has 0 spiro atoms. The summed E-state index contributed by atoms with van der Waals surface area (Å²) in [6.45, 7) is 8.47. The molecule has 2 aromatic carbocycles. The first-order chi connectivity index (χ1) is 13.5. The van der Waals surface area contributed by atoms with Gasteiger partial charge in [0, 0.05) is 23.3 Å². The SMILES string of the molecule is C=C(c1cccc(C(=C)C2CC2)c1OS(=O)c1ccc([N+](=O)[O-])cc1)C1CC1. The molecule has 2 aromatic rings. The largest absolute Gasteiger partial charge is 0.396 e. The highest BCUT2D eigenvalue weighted by molar-refractivity contribution is 7.80. The highest BCUT2D eigenvalue weighted by atomic mass is 32.2. The molecule has 0 saturated heterocycles. The minimum Gasteiger partial charge on any atom is -0.396 e. The van der Waals surface area contributed by atoms with E-state index in [2.05, 4.69) is 13.2 Å². The van der Waals surface area contributed by atoms with Crippen LogP contribution in [-0.2, 0) is 11.1 Å². The lowest BCUT2D eigenvalue weighted by Gasteiger charge is -2.17. The molecule has 2 aliphatic carbocycles. The number of non-ortho nitro benzene ring substituents is 1. The van der Waals surface area contributed by atoms with E-state index in [0.29, 0.717) is 22.5 Å². The number of allylic oxidation sites excluding steroid dienone is 2. The first kappa shape index (κ1) is 18.6. The molecule has 0 aromatic heterocycles. The molecule has 28 heavy (non-hydrogen) atoms.